The molecule has 0 fully saturated rings. The van der Waals surface area contributed by atoms with Gasteiger partial charge in [0.1, 0.15) is 11.6 Å². The van der Waals surface area contributed by atoms with Crippen LogP contribution in [0.3, 0.4) is 0 Å². The molecule has 1 amide bonds. The van der Waals surface area contributed by atoms with Gasteiger partial charge in [-0.2, -0.15) is 5.26 Å². The molecule has 0 radical (unpaired) electrons. The SMILES string of the molecule is N#C/C(=C\c1ccc[nH]1)C(=O)Nc1nc(-c2ccccc2)cs1. The zero-order chi connectivity index (χ0) is 16.1. The van der Waals surface area contributed by atoms with E-state index >= 15 is 0 Å². The Morgan fingerprint density at radius 1 is 1.26 bits per heavy atom. The minimum absolute atomic E-state index is 0.0175. The van der Waals surface area contributed by atoms with Gasteiger partial charge in [-0.25, -0.2) is 4.98 Å². The van der Waals surface area contributed by atoms with Gasteiger partial charge in [0, 0.05) is 22.8 Å². The molecule has 2 N–H and O–H groups in total. The van der Waals surface area contributed by atoms with Crippen LogP contribution in [0.25, 0.3) is 17.3 Å². The predicted molar refractivity (Wildman–Crippen MR) is 90.6 cm³/mol. The first kappa shape index (κ1) is 14.8. The summed E-state index contributed by atoms with van der Waals surface area (Å²) in [4.78, 5) is 19.5. The summed E-state index contributed by atoms with van der Waals surface area (Å²) in [5, 5.41) is 14.1. The van der Waals surface area contributed by atoms with Gasteiger partial charge < -0.3 is 4.98 Å². The molecule has 0 spiro atoms. The fourth-order valence-corrected chi connectivity index (χ4v) is 2.69. The molecule has 112 valence electrons. The molecule has 0 aliphatic carbocycles. The Morgan fingerprint density at radius 3 is 2.78 bits per heavy atom. The third kappa shape index (κ3) is 3.54. The lowest BCUT2D eigenvalue weighted by atomic mass is 10.2. The lowest BCUT2D eigenvalue weighted by Gasteiger charge is -1.99. The summed E-state index contributed by atoms with van der Waals surface area (Å²) in [6.45, 7) is 0. The van der Waals surface area contributed by atoms with E-state index in [4.69, 9.17) is 5.26 Å². The van der Waals surface area contributed by atoms with Crippen molar-refractivity contribution in [3.63, 3.8) is 0 Å². The summed E-state index contributed by atoms with van der Waals surface area (Å²) in [6.07, 6.45) is 3.23. The van der Waals surface area contributed by atoms with Gasteiger partial charge in [0.2, 0.25) is 0 Å². The first-order valence-electron chi connectivity index (χ1n) is 6.84. The molecular formula is C17H12N4OS. The maximum absolute atomic E-state index is 12.2. The Morgan fingerprint density at radius 2 is 2.09 bits per heavy atom. The normalized spacial score (nSPS) is 11.0. The quantitative estimate of drug-likeness (QED) is 0.568. The smallest absolute Gasteiger partial charge is 0.268 e. The number of benzene rings is 1. The highest BCUT2D eigenvalue weighted by atomic mass is 32.1. The molecule has 3 aromatic rings. The fraction of sp³-hybridized carbons (Fsp3) is 0. The standard InChI is InChI=1S/C17H12N4OS/c18-10-13(9-14-7-4-8-19-14)16(22)21-17-20-15(11-23-17)12-5-2-1-3-6-12/h1-9,11,19H,(H,20,21,22)/b13-9+. The van der Waals surface area contributed by atoms with Crippen LogP contribution in [0.15, 0.2) is 59.6 Å². The van der Waals surface area contributed by atoms with Crippen molar-refractivity contribution in [2.45, 2.75) is 0 Å². The molecular weight excluding hydrogens is 308 g/mol. The van der Waals surface area contributed by atoms with E-state index < -0.39 is 5.91 Å². The van der Waals surface area contributed by atoms with Gasteiger partial charge in [-0.3, -0.25) is 10.1 Å². The van der Waals surface area contributed by atoms with E-state index in [1.165, 1.54) is 17.4 Å². The number of H-pyrrole nitrogens is 1. The second kappa shape index (κ2) is 6.73. The van der Waals surface area contributed by atoms with Crippen molar-refractivity contribution < 1.29 is 4.79 Å². The lowest BCUT2D eigenvalue weighted by Crippen LogP contribution is -2.13. The van der Waals surface area contributed by atoms with Crippen LogP contribution >= 0.6 is 11.3 Å². The van der Waals surface area contributed by atoms with E-state index in [-0.39, 0.29) is 5.57 Å². The Bertz CT molecular complexity index is 873. The van der Waals surface area contributed by atoms with Crippen molar-refractivity contribution in [2.75, 3.05) is 5.32 Å². The van der Waals surface area contributed by atoms with Gasteiger partial charge >= 0.3 is 0 Å². The lowest BCUT2D eigenvalue weighted by molar-refractivity contribution is -0.112. The highest BCUT2D eigenvalue weighted by molar-refractivity contribution is 7.14. The van der Waals surface area contributed by atoms with Crippen molar-refractivity contribution in [1.82, 2.24) is 9.97 Å². The summed E-state index contributed by atoms with van der Waals surface area (Å²) in [5.74, 6) is -0.476. The highest BCUT2D eigenvalue weighted by Crippen LogP contribution is 2.24. The third-order valence-electron chi connectivity index (χ3n) is 3.08. The van der Waals surface area contributed by atoms with E-state index in [9.17, 15) is 4.79 Å². The van der Waals surface area contributed by atoms with Crippen LogP contribution in [0.4, 0.5) is 5.13 Å². The summed E-state index contributed by atoms with van der Waals surface area (Å²) in [5.41, 5.74) is 2.48. The molecule has 6 heteroatoms. The van der Waals surface area contributed by atoms with E-state index in [0.29, 0.717) is 10.8 Å². The van der Waals surface area contributed by atoms with Gasteiger partial charge in [-0.05, 0) is 18.2 Å². The zero-order valence-corrected chi connectivity index (χ0v) is 12.8. The first-order chi connectivity index (χ1) is 11.3. The van der Waals surface area contributed by atoms with Crippen molar-refractivity contribution in [2.24, 2.45) is 0 Å². The molecule has 0 unspecified atom stereocenters. The van der Waals surface area contributed by atoms with Crippen LogP contribution in [0, 0.1) is 11.3 Å². The number of anilines is 1. The summed E-state index contributed by atoms with van der Waals surface area (Å²) < 4.78 is 0. The maximum atomic E-state index is 12.2. The topological polar surface area (TPSA) is 81.6 Å². The Balaban J connectivity index is 1.76. The maximum Gasteiger partial charge on any atom is 0.268 e. The van der Waals surface area contributed by atoms with Crippen molar-refractivity contribution >= 4 is 28.5 Å². The number of carbonyl (C=O) groups excluding carboxylic acids is 1. The van der Waals surface area contributed by atoms with Gasteiger partial charge in [0.05, 0.1) is 5.69 Å². The van der Waals surface area contributed by atoms with Crippen LogP contribution < -0.4 is 5.32 Å². The molecule has 23 heavy (non-hydrogen) atoms. The van der Waals surface area contributed by atoms with Crippen molar-refractivity contribution in [3.05, 3.63) is 65.3 Å². The minimum Gasteiger partial charge on any atom is -0.362 e. The van der Waals surface area contributed by atoms with Crippen molar-refractivity contribution in [3.8, 4) is 17.3 Å². The first-order valence-corrected chi connectivity index (χ1v) is 7.72. The molecule has 0 aliphatic rings. The fourth-order valence-electron chi connectivity index (χ4n) is 1.98. The minimum atomic E-state index is -0.476. The number of amides is 1. The van der Waals surface area contributed by atoms with Gasteiger partial charge in [0.15, 0.2) is 5.13 Å². The second-order valence-corrected chi connectivity index (χ2v) is 5.51. The number of nitrogens with one attached hydrogen (secondary N) is 2. The number of rotatable bonds is 4. The average Bonchev–Trinajstić information content (AvgIpc) is 3.25. The van der Waals surface area contributed by atoms with Crippen LogP contribution in [0.1, 0.15) is 5.69 Å². The molecule has 2 heterocycles. The van der Waals surface area contributed by atoms with E-state index in [2.05, 4.69) is 15.3 Å². The Kier molecular flexibility index (Phi) is 4.32. The zero-order valence-electron chi connectivity index (χ0n) is 12.0. The number of aromatic nitrogens is 2. The van der Waals surface area contributed by atoms with E-state index in [0.717, 1.165) is 11.3 Å². The molecule has 1 aromatic carbocycles. The number of nitrogens with zero attached hydrogens (tertiary/aromatic N) is 2. The number of nitriles is 1. The van der Waals surface area contributed by atoms with Gasteiger partial charge in [0.25, 0.3) is 5.91 Å². The Labute approximate surface area is 136 Å². The second-order valence-electron chi connectivity index (χ2n) is 4.65. The average molecular weight is 320 g/mol. The highest BCUT2D eigenvalue weighted by Gasteiger charge is 2.12. The molecule has 0 saturated heterocycles. The van der Waals surface area contributed by atoms with Crippen LogP contribution in [-0.4, -0.2) is 15.9 Å². The number of hydrogen-bond acceptors (Lipinski definition) is 4. The number of carbonyl (C=O) groups is 1. The van der Waals surface area contributed by atoms with Crippen LogP contribution in [-0.2, 0) is 4.79 Å². The van der Waals surface area contributed by atoms with Crippen molar-refractivity contribution in [1.29, 1.82) is 5.26 Å². The molecule has 3 rings (SSSR count). The summed E-state index contributed by atoms with van der Waals surface area (Å²) in [7, 11) is 0. The molecule has 0 atom stereocenters. The monoisotopic (exact) mass is 320 g/mol. The van der Waals surface area contributed by atoms with E-state index in [1.54, 1.807) is 18.3 Å². The summed E-state index contributed by atoms with van der Waals surface area (Å²) in [6, 6.07) is 15.2. The van der Waals surface area contributed by atoms with Gasteiger partial charge in [-0.1, -0.05) is 30.3 Å². The van der Waals surface area contributed by atoms with E-state index in [1.807, 2.05) is 41.8 Å². The summed E-state index contributed by atoms with van der Waals surface area (Å²) >= 11 is 1.32. The molecule has 0 aliphatic heterocycles. The Hall–Kier alpha value is -3.17. The number of thiazole rings is 1. The van der Waals surface area contributed by atoms with Crippen LogP contribution in [0.5, 0.6) is 0 Å². The van der Waals surface area contributed by atoms with Crippen LogP contribution in [0.2, 0.25) is 0 Å². The largest absolute Gasteiger partial charge is 0.362 e. The molecule has 0 saturated carbocycles. The number of hydrogen-bond donors (Lipinski definition) is 2. The molecule has 2 aromatic heterocycles. The number of aromatic amines is 1. The third-order valence-corrected chi connectivity index (χ3v) is 3.84. The molecule has 0 bridgehead atoms. The van der Waals surface area contributed by atoms with Gasteiger partial charge in [-0.15, -0.1) is 11.3 Å². The predicted octanol–water partition coefficient (Wildman–Crippen LogP) is 3.68. The molecule has 5 nitrogen and oxygen atoms in total.